The quantitative estimate of drug-likeness (QED) is 0.747. The Morgan fingerprint density at radius 3 is 2.61 bits per heavy atom. The molecule has 1 saturated heterocycles. The maximum absolute atomic E-state index is 12.3. The van der Waals surface area contributed by atoms with Crippen LogP contribution in [-0.4, -0.2) is 41.4 Å². The molecule has 2 N–H and O–H groups in total. The van der Waals surface area contributed by atoms with Gasteiger partial charge in [-0.1, -0.05) is 30.3 Å². The molecule has 1 unspecified atom stereocenters. The second-order valence-corrected chi connectivity index (χ2v) is 5.99. The molecule has 2 rings (SSSR count). The molecule has 1 aromatic rings. The van der Waals surface area contributed by atoms with Gasteiger partial charge in [0.2, 0.25) is 5.91 Å². The number of hydrogen-bond donors (Lipinski definition) is 2. The third-order valence-electron chi connectivity index (χ3n) is 3.68. The molecule has 1 atom stereocenters. The summed E-state index contributed by atoms with van der Waals surface area (Å²) in [6, 6.07) is 8.80. The van der Waals surface area contributed by atoms with E-state index in [1.165, 1.54) is 4.90 Å². The van der Waals surface area contributed by atoms with Gasteiger partial charge in [-0.25, -0.2) is 4.79 Å². The van der Waals surface area contributed by atoms with Crippen LogP contribution in [0.3, 0.4) is 0 Å². The molecule has 1 aliphatic rings. The Morgan fingerprint density at radius 1 is 1.26 bits per heavy atom. The van der Waals surface area contributed by atoms with E-state index in [4.69, 9.17) is 0 Å². The van der Waals surface area contributed by atoms with Crippen LogP contribution in [0.25, 0.3) is 0 Å². The molecule has 6 nitrogen and oxygen atoms in total. The molecule has 23 heavy (non-hydrogen) atoms. The summed E-state index contributed by atoms with van der Waals surface area (Å²) in [6.45, 7) is 4.11. The van der Waals surface area contributed by atoms with Crippen molar-refractivity contribution < 1.29 is 14.4 Å². The second-order valence-electron chi connectivity index (χ2n) is 5.99. The molecule has 6 heteroatoms. The lowest BCUT2D eigenvalue weighted by Gasteiger charge is -2.13. The van der Waals surface area contributed by atoms with E-state index in [9.17, 15) is 14.4 Å². The highest BCUT2D eigenvalue weighted by atomic mass is 16.2. The van der Waals surface area contributed by atoms with Crippen LogP contribution in [0.15, 0.2) is 30.3 Å². The van der Waals surface area contributed by atoms with Gasteiger partial charge in [-0.3, -0.25) is 14.5 Å². The number of nitrogens with one attached hydrogen (secondary N) is 2. The highest BCUT2D eigenvalue weighted by molar-refractivity contribution is 6.04. The van der Waals surface area contributed by atoms with Gasteiger partial charge in [0.25, 0.3) is 5.91 Å². The summed E-state index contributed by atoms with van der Waals surface area (Å²) < 4.78 is 0. The van der Waals surface area contributed by atoms with Gasteiger partial charge in [-0.2, -0.15) is 0 Å². The molecule has 1 heterocycles. The Balaban J connectivity index is 1.83. The van der Waals surface area contributed by atoms with E-state index >= 15 is 0 Å². The van der Waals surface area contributed by atoms with Gasteiger partial charge in [0.05, 0.1) is 0 Å². The van der Waals surface area contributed by atoms with Crippen LogP contribution in [0.4, 0.5) is 4.79 Å². The maximum atomic E-state index is 12.3. The normalized spacial score (nSPS) is 17.5. The van der Waals surface area contributed by atoms with Crippen LogP contribution in [0.2, 0.25) is 0 Å². The summed E-state index contributed by atoms with van der Waals surface area (Å²) in [5.41, 5.74) is 1.08. The Morgan fingerprint density at radius 2 is 1.96 bits per heavy atom. The number of urea groups is 1. The summed E-state index contributed by atoms with van der Waals surface area (Å²) in [6.07, 6.45) is 1.17. The van der Waals surface area contributed by atoms with Crippen LogP contribution in [-0.2, 0) is 16.0 Å². The van der Waals surface area contributed by atoms with Crippen molar-refractivity contribution >= 4 is 17.8 Å². The maximum Gasteiger partial charge on any atom is 0.324 e. The number of nitrogens with zero attached hydrogens (tertiary/aromatic N) is 1. The minimum atomic E-state index is -0.601. The molecule has 0 bridgehead atoms. The molecule has 0 spiro atoms. The molecule has 0 saturated carbocycles. The van der Waals surface area contributed by atoms with Crippen molar-refractivity contribution in [3.63, 3.8) is 0 Å². The van der Waals surface area contributed by atoms with Crippen molar-refractivity contribution in [3.8, 4) is 0 Å². The lowest BCUT2D eigenvalue weighted by atomic mass is 10.1. The van der Waals surface area contributed by atoms with E-state index in [1.54, 1.807) is 0 Å². The lowest BCUT2D eigenvalue weighted by molar-refractivity contribution is -0.127. The molecule has 1 aromatic carbocycles. The third kappa shape index (κ3) is 4.81. The fraction of sp³-hybridized carbons (Fsp3) is 0.471. The highest BCUT2D eigenvalue weighted by Crippen LogP contribution is 2.12. The van der Waals surface area contributed by atoms with Crippen molar-refractivity contribution in [1.29, 1.82) is 0 Å². The molecule has 4 amide bonds. The number of hydrogen-bond acceptors (Lipinski definition) is 3. The number of carbonyl (C=O) groups excluding carboxylic acids is 3. The predicted molar refractivity (Wildman–Crippen MR) is 86.7 cm³/mol. The van der Waals surface area contributed by atoms with E-state index in [0.29, 0.717) is 19.4 Å². The monoisotopic (exact) mass is 317 g/mol. The van der Waals surface area contributed by atoms with Crippen LogP contribution in [0, 0.1) is 0 Å². The molecular weight excluding hydrogens is 294 g/mol. The minimum Gasteiger partial charge on any atom is -0.354 e. The van der Waals surface area contributed by atoms with Gasteiger partial charge in [0.15, 0.2) is 0 Å². The Labute approximate surface area is 136 Å². The number of carbonyl (C=O) groups is 3. The molecule has 0 aromatic heterocycles. The van der Waals surface area contributed by atoms with Crippen molar-refractivity contribution in [2.24, 2.45) is 0 Å². The van der Waals surface area contributed by atoms with E-state index in [0.717, 1.165) is 5.56 Å². The molecule has 0 aliphatic carbocycles. The minimum absolute atomic E-state index is 0.0683. The molecular formula is C17H23N3O3. The van der Waals surface area contributed by atoms with Gasteiger partial charge in [-0.05, 0) is 32.3 Å². The van der Waals surface area contributed by atoms with Gasteiger partial charge >= 0.3 is 6.03 Å². The fourth-order valence-electron chi connectivity index (χ4n) is 2.54. The van der Waals surface area contributed by atoms with Crippen LogP contribution >= 0.6 is 0 Å². The lowest BCUT2D eigenvalue weighted by Crippen LogP contribution is -2.35. The fourth-order valence-corrected chi connectivity index (χ4v) is 2.54. The average molecular weight is 317 g/mol. The largest absolute Gasteiger partial charge is 0.354 e. The van der Waals surface area contributed by atoms with Crippen molar-refractivity contribution in [1.82, 2.24) is 15.5 Å². The van der Waals surface area contributed by atoms with Crippen molar-refractivity contribution in [2.75, 3.05) is 6.54 Å². The summed E-state index contributed by atoms with van der Waals surface area (Å²) in [5, 5.41) is 5.43. The smallest absolute Gasteiger partial charge is 0.324 e. The Kier molecular flexibility index (Phi) is 5.73. The molecule has 124 valence electrons. The number of imide groups is 1. The summed E-state index contributed by atoms with van der Waals surface area (Å²) in [5.74, 6) is -0.354. The Bertz CT molecular complexity index is 572. The molecule has 0 radical (unpaired) electrons. The topological polar surface area (TPSA) is 78.5 Å². The zero-order valence-electron chi connectivity index (χ0n) is 13.5. The van der Waals surface area contributed by atoms with Gasteiger partial charge in [-0.15, -0.1) is 0 Å². The first kappa shape index (κ1) is 17.0. The van der Waals surface area contributed by atoms with E-state index in [-0.39, 0.29) is 30.3 Å². The first-order chi connectivity index (χ1) is 11.0. The van der Waals surface area contributed by atoms with Crippen molar-refractivity contribution in [2.45, 2.75) is 45.2 Å². The van der Waals surface area contributed by atoms with Crippen molar-refractivity contribution in [3.05, 3.63) is 35.9 Å². The van der Waals surface area contributed by atoms with Crippen LogP contribution < -0.4 is 10.6 Å². The predicted octanol–water partition coefficient (Wildman–Crippen LogP) is 1.45. The third-order valence-corrected chi connectivity index (χ3v) is 3.68. The molecule has 1 fully saturated rings. The summed E-state index contributed by atoms with van der Waals surface area (Å²) >= 11 is 0. The number of benzene rings is 1. The van der Waals surface area contributed by atoms with Crippen LogP contribution in [0.5, 0.6) is 0 Å². The van der Waals surface area contributed by atoms with Crippen LogP contribution in [0.1, 0.15) is 32.3 Å². The zero-order valence-corrected chi connectivity index (χ0v) is 13.5. The van der Waals surface area contributed by atoms with Gasteiger partial charge < -0.3 is 10.6 Å². The van der Waals surface area contributed by atoms with E-state index in [2.05, 4.69) is 10.6 Å². The zero-order chi connectivity index (χ0) is 16.8. The standard InChI is InChI=1S/C17H23N3O3/c1-12(2)18-15(21)9-8-14-16(22)20(17(23)19-14)11-10-13-6-4-3-5-7-13/h3-7,12,14H,8-11H2,1-2H3,(H,18,21)(H,19,23). The first-order valence-electron chi connectivity index (χ1n) is 7.92. The van der Waals surface area contributed by atoms with Gasteiger partial charge in [0.1, 0.15) is 6.04 Å². The van der Waals surface area contributed by atoms with E-state index < -0.39 is 6.04 Å². The average Bonchev–Trinajstić information content (AvgIpc) is 2.78. The second kappa shape index (κ2) is 7.76. The van der Waals surface area contributed by atoms with E-state index in [1.807, 2.05) is 44.2 Å². The first-order valence-corrected chi connectivity index (χ1v) is 7.92. The Hall–Kier alpha value is -2.37. The summed E-state index contributed by atoms with van der Waals surface area (Å²) in [7, 11) is 0. The highest BCUT2D eigenvalue weighted by Gasteiger charge is 2.37. The number of amides is 4. The SMILES string of the molecule is CC(C)NC(=O)CCC1NC(=O)N(CCc2ccccc2)C1=O. The molecule has 1 aliphatic heterocycles. The number of rotatable bonds is 7. The summed E-state index contributed by atoms with van der Waals surface area (Å²) in [4.78, 5) is 37.1. The van der Waals surface area contributed by atoms with Gasteiger partial charge in [0, 0.05) is 19.0 Å².